The van der Waals surface area contributed by atoms with Gasteiger partial charge in [0.15, 0.2) is 5.96 Å². The molecular weight excluding hydrogens is 1520 g/mol. The van der Waals surface area contributed by atoms with Gasteiger partial charge in [-0.2, -0.15) is 0 Å². The first-order valence-corrected chi connectivity index (χ1v) is 40.9. The number of guanidine groups is 1. The molecule has 0 aromatic heterocycles. The molecular formula is C77H132N20O20. The van der Waals surface area contributed by atoms with Crippen LogP contribution >= 0.6 is 0 Å². The van der Waals surface area contributed by atoms with Crippen molar-refractivity contribution in [2.75, 3.05) is 45.9 Å². The Labute approximate surface area is 684 Å². The van der Waals surface area contributed by atoms with Crippen LogP contribution < -0.4 is 81.4 Å². The first-order chi connectivity index (χ1) is 54.8. The SMILES string of the molecule is CC[C@H](C)[C@H](NC(=O)[C@@H](NC(=O)[C@@H](NC(=O)[C@@H](N)CCCN=C(N)N)C(C)C)C(C)C)C(=O)N[C@@H](CCC(N)=O)C(=O)N1CCC[C@H]1C(=O)N[C@@H](CO)C(=O)N1CCC[C@H]1C(=O)N[C@H](C(=O)N[C@H](C(=O)N[C@H](C(=O)N[C@H](C(=O)N[C@@H](CC(C)C)C(=O)N1CCC[C@H]1C(=O)NCC(=O)N1CCC[C@H]1C(=O)O)[C@@H](C)O)C(C)C)C(C)C)C(C)C. The van der Waals surface area contributed by atoms with Gasteiger partial charge in [0.2, 0.25) is 94.5 Å². The molecule has 0 saturated carbocycles. The van der Waals surface area contributed by atoms with Crippen molar-refractivity contribution in [3.05, 3.63) is 0 Å². The lowest BCUT2D eigenvalue weighted by Crippen LogP contribution is -2.63. The van der Waals surface area contributed by atoms with Crippen LogP contribution in [0.1, 0.15) is 194 Å². The van der Waals surface area contributed by atoms with Gasteiger partial charge in [-0.25, -0.2) is 4.79 Å². The first-order valence-electron chi connectivity index (χ1n) is 40.9. The lowest BCUT2D eigenvalue weighted by Gasteiger charge is -2.33. The summed E-state index contributed by atoms with van der Waals surface area (Å²) < 4.78 is 0. The normalized spacial score (nSPS) is 20.1. The second-order valence-corrected chi connectivity index (χ2v) is 33.2. The van der Waals surface area contributed by atoms with Crippen molar-refractivity contribution in [3.8, 4) is 0 Å². The molecule has 4 aliphatic rings. The summed E-state index contributed by atoms with van der Waals surface area (Å²) in [6.07, 6.45) is 0.611. The Morgan fingerprint density at radius 1 is 0.427 bits per heavy atom. The Kier molecular flexibility index (Phi) is 39.9. The molecule has 0 aromatic rings. The van der Waals surface area contributed by atoms with Crippen LogP contribution in [0.3, 0.4) is 0 Å². The fourth-order valence-electron chi connectivity index (χ4n) is 14.6. The van der Waals surface area contributed by atoms with Gasteiger partial charge in [0.25, 0.3) is 0 Å². The lowest BCUT2D eigenvalue weighted by atomic mass is 9.95. The first kappa shape index (κ1) is 99.5. The number of likely N-dealkylation sites (tertiary alicyclic amines) is 4. The standard InChI is InChI=1S/C77H132N20O20/c1-16-43(14)60(92-69(109)58(41(10)11)90-66(106)55(38(4)5)87-62(102)45(78)22-17-29-82-77(80)81)71(111)84-46(27-28-53(79)100)73(113)96-32-19-24-50(96)64(104)86-48(36-98)75(115)97-33-20-25-51(97)65(105)88-56(39(6)7)67(107)89-57(40(8)9)68(108)91-59(42(12)13)70(110)93-61(44(15)99)72(112)85-47(34-37(2)3)74(114)95-31-18-23-49(95)63(103)83-35-54(101)94-30-21-26-52(94)76(116)117/h37-52,55-61,98-99H,16-36,78H2,1-15H3,(H2,79,100)(H,83,103)(H,84,111)(H,85,112)(H,86,104)(H,87,102)(H,88,105)(H,89,107)(H,90,106)(H,91,108)(H,92,109)(H,93,110)(H,116,117)(H4,80,81,82)/t43-,44+,45-,46-,47-,48-,49-,50-,51-,52-,55-,56-,57-,58-,59-,60-,61-/m0/s1. The third kappa shape index (κ3) is 29.0. The van der Waals surface area contributed by atoms with Gasteiger partial charge in [0.1, 0.15) is 84.6 Å². The maximum Gasteiger partial charge on any atom is 0.326 e. The highest BCUT2D eigenvalue weighted by Gasteiger charge is 2.46. The highest BCUT2D eigenvalue weighted by atomic mass is 16.4. The number of aliphatic hydroxyl groups excluding tert-OH is 2. The molecule has 40 nitrogen and oxygen atoms in total. The van der Waals surface area contributed by atoms with Crippen LogP contribution in [0.25, 0.3) is 0 Å². The molecule has 4 rings (SSSR count). The average molecular weight is 1660 g/mol. The number of nitrogens with zero attached hydrogens (tertiary/aromatic N) is 5. The van der Waals surface area contributed by atoms with Crippen LogP contribution in [0.2, 0.25) is 0 Å². The molecule has 660 valence electrons. The summed E-state index contributed by atoms with van der Waals surface area (Å²) in [6.45, 7) is 23.5. The molecule has 0 unspecified atom stereocenters. The van der Waals surface area contributed by atoms with E-state index in [1.165, 1.54) is 16.7 Å². The van der Waals surface area contributed by atoms with E-state index in [0.717, 1.165) is 9.80 Å². The van der Waals surface area contributed by atoms with E-state index in [4.69, 9.17) is 22.9 Å². The van der Waals surface area contributed by atoms with E-state index in [0.29, 0.717) is 25.7 Å². The number of hydrogen-bond donors (Lipinski definition) is 18. The molecule has 0 spiro atoms. The third-order valence-electron chi connectivity index (χ3n) is 21.6. The summed E-state index contributed by atoms with van der Waals surface area (Å²) in [5.41, 5.74) is 22.4. The molecule has 4 aliphatic heterocycles. The zero-order chi connectivity index (χ0) is 88.3. The van der Waals surface area contributed by atoms with E-state index in [1.54, 1.807) is 96.9 Å². The van der Waals surface area contributed by atoms with E-state index < -0.39 is 252 Å². The van der Waals surface area contributed by atoms with Crippen molar-refractivity contribution >= 4 is 106 Å². The smallest absolute Gasteiger partial charge is 0.326 e. The summed E-state index contributed by atoms with van der Waals surface area (Å²) in [4.78, 5) is 244. The van der Waals surface area contributed by atoms with Gasteiger partial charge in [-0.05, 0) is 125 Å². The van der Waals surface area contributed by atoms with Crippen molar-refractivity contribution in [1.82, 2.24) is 78.1 Å². The van der Waals surface area contributed by atoms with E-state index in [1.807, 2.05) is 0 Å². The summed E-state index contributed by atoms with van der Waals surface area (Å²) >= 11 is 0. The Morgan fingerprint density at radius 2 is 0.786 bits per heavy atom. The predicted octanol–water partition coefficient (Wildman–Crippen LogP) is -4.61. The number of carbonyl (C=O) groups is 17. The number of aliphatic imine (C=N–C) groups is 1. The van der Waals surface area contributed by atoms with Gasteiger partial charge in [-0.3, -0.25) is 81.7 Å². The number of aliphatic carboxylic acids is 1. The second-order valence-electron chi connectivity index (χ2n) is 33.2. The van der Waals surface area contributed by atoms with Crippen molar-refractivity contribution < 1.29 is 96.8 Å². The van der Waals surface area contributed by atoms with Crippen molar-refractivity contribution in [3.63, 3.8) is 0 Å². The third-order valence-corrected chi connectivity index (χ3v) is 21.6. The number of hydrogen-bond acceptors (Lipinski definition) is 21. The van der Waals surface area contributed by atoms with E-state index in [-0.39, 0.29) is 102 Å². The quantitative estimate of drug-likeness (QED) is 0.0155. The fourth-order valence-corrected chi connectivity index (χ4v) is 14.6. The molecule has 4 saturated heterocycles. The van der Waals surface area contributed by atoms with Crippen molar-refractivity contribution in [1.29, 1.82) is 0 Å². The van der Waals surface area contributed by atoms with Gasteiger partial charge < -0.3 is 116 Å². The second kappa shape index (κ2) is 46.9. The zero-order valence-corrected chi connectivity index (χ0v) is 70.5. The van der Waals surface area contributed by atoms with Gasteiger partial charge in [0.05, 0.1) is 25.3 Å². The van der Waals surface area contributed by atoms with Crippen LogP contribution in [-0.4, -0.2) is 284 Å². The molecule has 4 fully saturated rings. The number of carboxylic acid groups (broad SMARTS) is 1. The number of aliphatic hydroxyl groups is 2. The molecule has 40 heteroatoms. The van der Waals surface area contributed by atoms with E-state index in [2.05, 4.69) is 63.5 Å². The highest BCUT2D eigenvalue weighted by molar-refractivity contribution is 6.01. The van der Waals surface area contributed by atoms with Gasteiger partial charge in [0, 0.05) is 39.1 Å². The molecule has 117 heavy (non-hydrogen) atoms. The molecule has 4 heterocycles. The number of amides is 16. The Bertz CT molecular complexity index is 3540. The van der Waals surface area contributed by atoms with Crippen LogP contribution in [0, 0.1) is 41.4 Å². The maximum atomic E-state index is 14.7. The minimum absolute atomic E-state index is 0.0325. The fraction of sp³-hybridized carbons (Fsp3) is 0.766. The number of carbonyl (C=O) groups excluding carboxylic acids is 16. The minimum Gasteiger partial charge on any atom is -0.480 e. The summed E-state index contributed by atoms with van der Waals surface area (Å²) in [5.74, 6) is -17.8. The van der Waals surface area contributed by atoms with Gasteiger partial charge >= 0.3 is 5.97 Å². The predicted molar refractivity (Wildman–Crippen MR) is 427 cm³/mol. The number of carboxylic acids is 1. The number of primary amides is 1. The van der Waals surface area contributed by atoms with Crippen LogP contribution in [0.5, 0.6) is 0 Å². The van der Waals surface area contributed by atoms with Crippen molar-refractivity contribution in [2.45, 2.75) is 290 Å². The van der Waals surface area contributed by atoms with Crippen LogP contribution in [-0.2, 0) is 81.5 Å². The van der Waals surface area contributed by atoms with Gasteiger partial charge in [-0.1, -0.05) is 103 Å². The summed E-state index contributed by atoms with van der Waals surface area (Å²) in [5, 5.41) is 60.3. The molecule has 0 bridgehead atoms. The zero-order valence-electron chi connectivity index (χ0n) is 70.5. The van der Waals surface area contributed by atoms with Gasteiger partial charge in [-0.15, -0.1) is 0 Å². The largest absolute Gasteiger partial charge is 0.480 e. The molecule has 17 atom stereocenters. The molecule has 0 aliphatic carbocycles. The molecule has 16 amide bonds. The molecule has 0 aromatic carbocycles. The topological polar surface area (TPSA) is 613 Å². The van der Waals surface area contributed by atoms with Crippen molar-refractivity contribution in [2.24, 2.45) is 69.4 Å². The highest BCUT2D eigenvalue weighted by Crippen LogP contribution is 2.26. The minimum atomic E-state index is -1.70. The van der Waals surface area contributed by atoms with Crippen LogP contribution in [0.15, 0.2) is 4.99 Å². The number of nitrogens with one attached hydrogen (secondary N) is 11. The van der Waals surface area contributed by atoms with E-state index in [9.17, 15) is 96.8 Å². The maximum absolute atomic E-state index is 14.7. The number of nitrogens with two attached hydrogens (primary N) is 4. The Morgan fingerprint density at radius 3 is 1.19 bits per heavy atom. The summed E-state index contributed by atoms with van der Waals surface area (Å²) in [7, 11) is 0. The Hall–Kier alpha value is -9.86. The lowest BCUT2D eigenvalue weighted by molar-refractivity contribution is -0.148. The molecule has 0 radical (unpaired) electrons. The monoisotopic (exact) mass is 1660 g/mol. The van der Waals surface area contributed by atoms with Crippen LogP contribution in [0.4, 0.5) is 0 Å². The summed E-state index contributed by atoms with van der Waals surface area (Å²) in [6, 6.07) is -19.7. The molecule has 22 N–H and O–H groups in total. The Balaban J connectivity index is 1.44. The number of rotatable bonds is 45. The average Bonchev–Trinajstić information content (AvgIpc) is 1.74. The van der Waals surface area contributed by atoms with E-state index >= 15 is 0 Å².